The Balaban J connectivity index is 2.00. The van der Waals surface area contributed by atoms with E-state index in [0.717, 1.165) is 49.8 Å². The fraction of sp³-hybridized carbons (Fsp3) is 0.722. The molecule has 1 fully saturated rings. The van der Waals surface area contributed by atoms with Gasteiger partial charge in [-0.05, 0) is 42.8 Å². The predicted octanol–water partition coefficient (Wildman–Crippen LogP) is 2.29. The lowest BCUT2D eigenvalue weighted by Crippen LogP contribution is -2.49. The number of rotatable bonds is 6. The lowest BCUT2D eigenvalue weighted by molar-refractivity contribution is -0.0166. The lowest BCUT2D eigenvalue weighted by Gasteiger charge is -2.37. The molecule has 1 aliphatic heterocycles. The van der Waals surface area contributed by atoms with E-state index in [9.17, 15) is 0 Å². The molecule has 1 aromatic heterocycles. The van der Waals surface area contributed by atoms with E-state index in [1.165, 1.54) is 5.69 Å². The van der Waals surface area contributed by atoms with Gasteiger partial charge in [0.2, 0.25) is 0 Å². The summed E-state index contributed by atoms with van der Waals surface area (Å²) in [6.07, 6.45) is 2.08. The van der Waals surface area contributed by atoms with Crippen LogP contribution in [0.5, 0.6) is 0 Å². The summed E-state index contributed by atoms with van der Waals surface area (Å²) in [4.78, 5) is 9.56. The second kappa shape index (κ2) is 9.59. The van der Waals surface area contributed by atoms with Crippen LogP contribution in [0.2, 0.25) is 0 Å². The smallest absolute Gasteiger partial charge is 0.194 e. The zero-order valence-electron chi connectivity index (χ0n) is 16.1. The molecule has 1 aliphatic rings. The van der Waals surface area contributed by atoms with E-state index < -0.39 is 0 Å². The molecule has 7 heteroatoms. The molecule has 6 nitrogen and oxygen atoms in total. The molecule has 0 bridgehead atoms. The number of nitrogens with zero attached hydrogens (tertiary/aromatic N) is 4. The molecule has 25 heavy (non-hydrogen) atoms. The van der Waals surface area contributed by atoms with E-state index in [4.69, 9.17) is 9.73 Å². The Morgan fingerprint density at radius 3 is 2.92 bits per heavy atom. The normalized spacial score (nSPS) is 20.6. The Labute approximate surface area is 160 Å². The van der Waals surface area contributed by atoms with Crippen molar-refractivity contribution in [3.05, 3.63) is 22.4 Å². The summed E-state index contributed by atoms with van der Waals surface area (Å²) in [5.74, 6) is 0.951. The summed E-state index contributed by atoms with van der Waals surface area (Å²) in [6.45, 7) is 11.7. The average molecular weight is 414 g/mol. The van der Waals surface area contributed by atoms with E-state index in [1.807, 2.05) is 0 Å². The minimum atomic E-state index is 0.408. The molecule has 2 atom stereocenters. The van der Waals surface area contributed by atoms with Crippen molar-refractivity contribution in [3.63, 3.8) is 0 Å². The van der Waals surface area contributed by atoms with Gasteiger partial charge in [0.25, 0.3) is 0 Å². The van der Waals surface area contributed by atoms with Crippen molar-refractivity contribution in [2.75, 3.05) is 39.9 Å². The van der Waals surface area contributed by atoms with Gasteiger partial charge >= 0.3 is 0 Å². The van der Waals surface area contributed by atoms with Crippen LogP contribution in [-0.2, 0) is 18.3 Å². The lowest BCUT2D eigenvalue weighted by atomic mass is 10.2. The maximum absolute atomic E-state index is 5.54. The van der Waals surface area contributed by atoms with Gasteiger partial charge in [0, 0.05) is 55.6 Å². The maximum Gasteiger partial charge on any atom is 0.194 e. The van der Waals surface area contributed by atoms with Crippen LogP contribution in [0.15, 0.2) is 21.7 Å². The van der Waals surface area contributed by atoms with E-state index in [-0.39, 0.29) is 0 Å². The number of hydrogen-bond donors (Lipinski definition) is 1. The fourth-order valence-electron chi connectivity index (χ4n) is 3.23. The standard InChI is InChI=1S/C18H32BrN5O/c1-6-20-18(23(5)12-17-9-16(19)11-22(17)4)21-10-14(2)24-7-8-25-13-15(24)3/h9,11,14-15H,6-8,10,12-13H2,1-5H3,(H,20,21). The first kappa shape index (κ1) is 20.3. The van der Waals surface area contributed by atoms with Gasteiger partial charge in [-0.2, -0.15) is 0 Å². The molecule has 0 aromatic carbocycles. The summed E-state index contributed by atoms with van der Waals surface area (Å²) in [5.41, 5.74) is 1.25. The third-order valence-corrected chi connectivity index (χ3v) is 5.09. The van der Waals surface area contributed by atoms with Crippen molar-refractivity contribution in [1.29, 1.82) is 0 Å². The topological polar surface area (TPSA) is 45.0 Å². The number of halogens is 1. The Morgan fingerprint density at radius 2 is 2.32 bits per heavy atom. The van der Waals surface area contributed by atoms with Crippen LogP contribution in [0, 0.1) is 0 Å². The molecule has 1 N–H and O–H groups in total. The number of aliphatic imine (C=N–C) groups is 1. The first-order valence-electron chi connectivity index (χ1n) is 9.06. The molecule has 2 rings (SSSR count). The fourth-order valence-corrected chi connectivity index (χ4v) is 3.80. The quantitative estimate of drug-likeness (QED) is 0.573. The van der Waals surface area contributed by atoms with Gasteiger partial charge in [0.05, 0.1) is 26.3 Å². The van der Waals surface area contributed by atoms with Gasteiger partial charge in [-0.25, -0.2) is 0 Å². The zero-order valence-corrected chi connectivity index (χ0v) is 17.7. The number of guanidine groups is 1. The highest BCUT2D eigenvalue weighted by molar-refractivity contribution is 9.10. The summed E-state index contributed by atoms with van der Waals surface area (Å²) in [6, 6.07) is 3.02. The van der Waals surface area contributed by atoms with Crippen molar-refractivity contribution >= 4 is 21.9 Å². The van der Waals surface area contributed by atoms with Crippen LogP contribution in [0.1, 0.15) is 26.5 Å². The van der Waals surface area contributed by atoms with Crippen LogP contribution < -0.4 is 5.32 Å². The van der Waals surface area contributed by atoms with Crippen LogP contribution in [0.25, 0.3) is 0 Å². The van der Waals surface area contributed by atoms with Gasteiger partial charge in [-0.15, -0.1) is 0 Å². The number of aromatic nitrogens is 1. The van der Waals surface area contributed by atoms with Crippen molar-refractivity contribution in [2.45, 2.75) is 39.4 Å². The molecule has 1 aromatic rings. The molecule has 1 saturated heterocycles. The summed E-state index contributed by atoms with van der Waals surface area (Å²) < 4.78 is 8.79. The zero-order chi connectivity index (χ0) is 18.4. The van der Waals surface area contributed by atoms with Gasteiger partial charge in [0.15, 0.2) is 5.96 Å². The SMILES string of the molecule is CCNC(=NCC(C)N1CCOCC1C)N(C)Cc1cc(Br)cn1C. The molecule has 0 aliphatic carbocycles. The van der Waals surface area contributed by atoms with Gasteiger partial charge in [-0.3, -0.25) is 9.89 Å². The van der Waals surface area contributed by atoms with E-state index in [2.05, 4.69) is 82.7 Å². The number of morpholine rings is 1. The molecule has 0 radical (unpaired) electrons. The van der Waals surface area contributed by atoms with Gasteiger partial charge in [0.1, 0.15) is 0 Å². The second-order valence-corrected chi connectivity index (χ2v) is 7.74. The van der Waals surface area contributed by atoms with E-state index in [0.29, 0.717) is 12.1 Å². The van der Waals surface area contributed by atoms with Crippen molar-refractivity contribution in [2.24, 2.45) is 12.0 Å². The third-order valence-electron chi connectivity index (χ3n) is 4.66. The molecule has 0 spiro atoms. The number of ether oxygens (including phenoxy) is 1. The maximum atomic E-state index is 5.54. The minimum Gasteiger partial charge on any atom is -0.379 e. The highest BCUT2D eigenvalue weighted by atomic mass is 79.9. The summed E-state index contributed by atoms with van der Waals surface area (Å²) in [7, 11) is 4.16. The van der Waals surface area contributed by atoms with E-state index >= 15 is 0 Å². The molecular weight excluding hydrogens is 382 g/mol. The van der Waals surface area contributed by atoms with E-state index in [1.54, 1.807) is 0 Å². The monoisotopic (exact) mass is 413 g/mol. The predicted molar refractivity (Wildman–Crippen MR) is 107 cm³/mol. The molecular formula is C18H32BrN5O. The van der Waals surface area contributed by atoms with Crippen LogP contribution in [-0.4, -0.2) is 72.3 Å². The van der Waals surface area contributed by atoms with Crippen LogP contribution >= 0.6 is 15.9 Å². The Kier molecular flexibility index (Phi) is 7.78. The largest absolute Gasteiger partial charge is 0.379 e. The van der Waals surface area contributed by atoms with Crippen molar-refractivity contribution in [1.82, 2.24) is 19.7 Å². The highest BCUT2D eigenvalue weighted by Crippen LogP contribution is 2.15. The second-order valence-electron chi connectivity index (χ2n) is 6.82. The summed E-state index contributed by atoms with van der Waals surface area (Å²) in [5, 5.41) is 3.41. The van der Waals surface area contributed by atoms with Crippen molar-refractivity contribution in [3.8, 4) is 0 Å². The number of aryl methyl sites for hydroxylation is 1. The van der Waals surface area contributed by atoms with Gasteiger partial charge in [-0.1, -0.05) is 0 Å². The molecule has 2 heterocycles. The highest BCUT2D eigenvalue weighted by Gasteiger charge is 2.23. The molecule has 2 unspecified atom stereocenters. The minimum absolute atomic E-state index is 0.408. The first-order valence-corrected chi connectivity index (χ1v) is 9.85. The number of nitrogens with one attached hydrogen (secondary N) is 1. The molecule has 0 saturated carbocycles. The van der Waals surface area contributed by atoms with Crippen molar-refractivity contribution < 1.29 is 4.74 Å². The Hall–Kier alpha value is -1.05. The average Bonchev–Trinajstić information content (AvgIpc) is 2.88. The van der Waals surface area contributed by atoms with Crippen LogP contribution in [0.3, 0.4) is 0 Å². The first-order chi connectivity index (χ1) is 11.9. The Bertz CT molecular complexity index is 574. The number of hydrogen-bond acceptors (Lipinski definition) is 3. The summed E-state index contributed by atoms with van der Waals surface area (Å²) >= 11 is 3.54. The molecule has 142 valence electrons. The third kappa shape index (κ3) is 5.72. The molecule has 0 amide bonds. The Morgan fingerprint density at radius 1 is 1.56 bits per heavy atom. The van der Waals surface area contributed by atoms with Crippen LogP contribution in [0.4, 0.5) is 0 Å². The van der Waals surface area contributed by atoms with Gasteiger partial charge < -0.3 is 19.5 Å².